The number of hydrogen-bond acceptors (Lipinski definition) is 4. The molecule has 1 N–H and O–H groups in total. The summed E-state index contributed by atoms with van der Waals surface area (Å²) in [5, 5.41) is 3.02. The van der Waals surface area contributed by atoms with Crippen molar-refractivity contribution in [2.24, 2.45) is 0 Å². The Morgan fingerprint density at radius 3 is 2.00 bits per heavy atom. The van der Waals surface area contributed by atoms with Gasteiger partial charge in [-0.25, -0.2) is 8.42 Å². The van der Waals surface area contributed by atoms with Crippen LogP contribution >= 0.6 is 0 Å². The largest absolute Gasteiger partial charge is 0.496 e. The Bertz CT molecular complexity index is 1360. The number of nitrogens with zero attached hydrogens (tertiary/aromatic N) is 1. The van der Waals surface area contributed by atoms with Gasteiger partial charge in [-0.1, -0.05) is 37.6 Å². The van der Waals surface area contributed by atoms with E-state index in [4.69, 9.17) is 4.74 Å². The van der Waals surface area contributed by atoms with Crippen LogP contribution in [0.4, 0.5) is 5.69 Å². The molecule has 0 bridgehead atoms. The summed E-state index contributed by atoms with van der Waals surface area (Å²) in [6, 6.07) is 16.0. The zero-order valence-electron chi connectivity index (χ0n) is 23.0. The van der Waals surface area contributed by atoms with Crippen molar-refractivity contribution in [1.29, 1.82) is 0 Å². The number of rotatable bonds is 9. The summed E-state index contributed by atoms with van der Waals surface area (Å²) in [5.41, 5.74) is 6.28. The van der Waals surface area contributed by atoms with Crippen molar-refractivity contribution in [3.8, 4) is 5.75 Å². The smallest absolute Gasteiger partial charge is 0.264 e. The molecule has 37 heavy (non-hydrogen) atoms. The summed E-state index contributed by atoms with van der Waals surface area (Å²) in [4.78, 5) is 13.5. The zero-order valence-corrected chi connectivity index (χ0v) is 23.9. The Morgan fingerprint density at radius 1 is 0.865 bits per heavy atom. The highest BCUT2D eigenvalue weighted by molar-refractivity contribution is 7.92. The first-order valence-electron chi connectivity index (χ1n) is 12.5. The maximum absolute atomic E-state index is 13.7. The normalized spacial score (nSPS) is 12.4. The molecule has 0 aromatic heterocycles. The van der Waals surface area contributed by atoms with Crippen LogP contribution in [0, 0.1) is 27.7 Å². The molecule has 0 spiro atoms. The molecule has 0 aliphatic heterocycles. The van der Waals surface area contributed by atoms with Crippen LogP contribution in [-0.2, 0) is 14.8 Å². The van der Waals surface area contributed by atoms with Gasteiger partial charge in [-0.3, -0.25) is 9.10 Å². The summed E-state index contributed by atoms with van der Waals surface area (Å²) < 4.78 is 34.2. The summed E-state index contributed by atoms with van der Waals surface area (Å²) in [5.74, 6) is 0.681. The van der Waals surface area contributed by atoms with E-state index < -0.39 is 10.0 Å². The fourth-order valence-electron chi connectivity index (χ4n) is 4.55. The molecule has 0 radical (unpaired) electrons. The molecule has 1 amide bonds. The van der Waals surface area contributed by atoms with Crippen LogP contribution in [0.15, 0.2) is 59.5 Å². The Balaban J connectivity index is 1.95. The maximum atomic E-state index is 13.7. The van der Waals surface area contributed by atoms with Gasteiger partial charge in [-0.05, 0) is 105 Å². The van der Waals surface area contributed by atoms with E-state index in [0.29, 0.717) is 5.69 Å². The lowest BCUT2D eigenvalue weighted by Crippen LogP contribution is -2.41. The second-order valence-corrected chi connectivity index (χ2v) is 11.9. The highest BCUT2D eigenvalue weighted by Crippen LogP contribution is 2.32. The molecule has 7 heteroatoms. The summed E-state index contributed by atoms with van der Waals surface area (Å²) in [7, 11) is -2.32. The number of aryl methyl sites for hydroxylation is 4. The molecule has 0 fully saturated rings. The molecule has 0 aliphatic carbocycles. The van der Waals surface area contributed by atoms with Crippen LogP contribution < -0.4 is 14.4 Å². The van der Waals surface area contributed by atoms with Gasteiger partial charge in [0.1, 0.15) is 12.3 Å². The molecule has 0 saturated carbocycles. The highest BCUT2D eigenvalue weighted by Gasteiger charge is 2.28. The third-order valence-electron chi connectivity index (χ3n) is 6.48. The van der Waals surface area contributed by atoms with Gasteiger partial charge in [-0.2, -0.15) is 0 Å². The number of hydrogen-bond donors (Lipinski definition) is 1. The quantitative estimate of drug-likeness (QED) is 0.367. The van der Waals surface area contributed by atoms with Crippen LogP contribution in [0.5, 0.6) is 5.75 Å². The van der Waals surface area contributed by atoms with E-state index in [9.17, 15) is 13.2 Å². The number of sulfonamides is 1. The minimum Gasteiger partial charge on any atom is -0.496 e. The molecule has 6 nitrogen and oxygen atoms in total. The zero-order chi connectivity index (χ0) is 27.5. The molecule has 0 unspecified atom stereocenters. The number of carbonyl (C=O) groups excluding carboxylic acids is 1. The van der Waals surface area contributed by atoms with Gasteiger partial charge in [0.25, 0.3) is 10.0 Å². The molecule has 3 aromatic carbocycles. The number of benzene rings is 3. The average Bonchev–Trinajstić information content (AvgIpc) is 2.81. The van der Waals surface area contributed by atoms with Crippen LogP contribution in [0.2, 0.25) is 0 Å². The van der Waals surface area contributed by atoms with Gasteiger partial charge in [0.15, 0.2) is 0 Å². The SMILES string of the molecule is COc1cc(C)c([C@@H](C)NC(=O)CN(c2cc(C)cc(C)c2)S(=O)(=O)c2ccc(C)cc2)cc1C(C)C. The number of methoxy groups -OCH3 is 1. The Kier molecular flexibility index (Phi) is 8.69. The van der Waals surface area contributed by atoms with Crippen molar-refractivity contribution in [1.82, 2.24) is 5.32 Å². The maximum Gasteiger partial charge on any atom is 0.264 e. The third-order valence-corrected chi connectivity index (χ3v) is 8.26. The van der Waals surface area contributed by atoms with Gasteiger partial charge in [0.05, 0.1) is 23.7 Å². The summed E-state index contributed by atoms with van der Waals surface area (Å²) in [6.45, 7) is 13.5. The van der Waals surface area contributed by atoms with Crippen molar-refractivity contribution in [2.45, 2.75) is 65.3 Å². The van der Waals surface area contributed by atoms with Crippen molar-refractivity contribution in [3.63, 3.8) is 0 Å². The van der Waals surface area contributed by atoms with Crippen LogP contribution in [-0.4, -0.2) is 28.0 Å². The van der Waals surface area contributed by atoms with Crippen molar-refractivity contribution in [2.75, 3.05) is 18.0 Å². The van der Waals surface area contributed by atoms with Gasteiger partial charge in [-0.15, -0.1) is 0 Å². The second kappa shape index (κ2) is 11.4. The number of amides is 1. The molecule has 1 atom stereocenters. The molecule has 198 valence electrons. The third kappa shape index (κ3) is 6.52. The molecular weight excluding hydrogens is 484 g/mol. The van der Waals surface area contributed by atoms with Crippen LogP contribution in [0.3, 0.4) is 0 Å². The first-order chi connectivity index (χ1) is 17.3. The number of ether oxygens (including phenoxy) is 1. The lowest BCUT2D eigenvalue weighted by Gasteiger charge is -2.26. The minimum atomic E-state index is -3.98. The molecular formula is C30H38N2O4S. The molecule has 0 saturated heterocycles. The molecule has 0 heterocycles. The Labute approximate surface area is 221 Å². The first kappa shape index (κ1) is 28.3. The first-order valence-corrected chi connectivity index (χ1v) is 13.9. The monoisotopic (exact) mass is 522 g/mol. The van der Waals surface area contributed by atoms with Crippen molar-refractivity contribution < 1.29 is 17.9 Å². The predicted octanol–water partition coefficient (Wildman–Crippen LogP) is 6.12. The standard InChI is InChI=1S/C30H38N2O4S/c1-19(2)27-17-28(23(6)16-29(27)36-8)24(7)31-30(33)18-32(25-14-21(4)13-22(5)15-25)37(34,35)26-11-9-20(3)10-12-26/h9-17,19,24H,18H2,1-8H3,(H,31,33)/t24-/m1/s1. The summed E-state index contributed by atoms with van der Waals surface area (Å²) >= 11 is 0. The van der Waals surface area contributed by atoms with E-state index in [-0.39, 0.29) is 29.3 Å². The Morgan fingerprint density at radius 2 is 1.46 bits per heavy atom. The molecule has 0 aliphatic rings. The predicted molar refractivity (Wildman–Crippen MR) is 150 cm³/mol. The van der Waals surface area contributed by atoms with E-state index in [0.717, 1.165) is 39.1 Å². The van der Waals surface area contributed by atoms with E-state index in [1.807, 2.05) is 46.8 Å². The van der Waals surface area contributed by atoms with E-state index in [2.05, 4.69) is 25.2 Å². The van der Waals surface area contributed by atoms with E-state index in [1.54, 1.807) is 43.5 Å². The number of carbonyl (C=O) groups is 1. The van der Waals surface area contributed by atoms with Crippen molar-refractivity contribution >= 4 is 21.6 Å². The van der Waals surface area contributed by atoms with Crippen LogP contribution in [0.25, 0.3) is 0 Å². The number of anilines is 1. The highest BCUT2D eigenvalue weighted by atomic mass is 32.2. The lowest BCUT2D eigenvalue weighted by atomic mass is 9.93. The van der Waals surface area contributed by atoms with Gasteiger partial charge in [0, 0.05) is 0 Å². The Hall–Kier alpha value is -3.32. The fraction of sp³-hybridized carbons (Fsp3) is 0.367. The molecule has 3 rings (SSSR count). The lowest BCUT2D eigenvalue weighted by molar-refractivity contribution is -0.120. The number of nitrogens with one attached hydrogen (secondary N) is 1. The fourth-order valence-corrected chi connectivity index (χ4v) is 5.96. The van der Waals surface area contributed by atoms with E-state index >= 15 is 0 Å². The molecule has 3 aromatic rings. The minimum absolute atomic E-state index is 0.144. The van der Waals surface area contributed by atoms with Crippen molar-refractivity contribution in [3.05, 3.63) is 88.0 Å². The van der Waals surface area contributed by atoms with Gasteiger partial charge in [0.2, 0.25) is 5.91 Å². The van der Waals surface area contributed by atoms with E-state index in [1.165, 1.54) is 4.31 Å². The summed E-state index contributed by atoms with van der Waals surface area (Å²) in [6.07, 6.45) is 0. The second-order valence-electron chi connectivity index (χ2n) is 10.1. The topological polar surface area (TPSA) is 75.7 Å². The van der Waals surface area contributed by atoms with Gasteiger partial charge < -0.3 is 10.1 Å². The van der Waals surface area contributed by atoms with Crippen LogP contribution in [0.1, 0.15) is 66.1 Å². The average molecular weight is 523 g/mol. The van der Waals surface area contributed by atoms with Gasteiger partial charge >= 0.3 is 0 Å².